The van der Waals surface area contributed by atoms with E-state index in [0.29, 0.717) is 6.54 Å². The van der Waals surface area contributed by atoms with Gasteiger partial charge in [-0.15, -0.1) is 0 Å². The average Bonchev–Trinajstić information content (AvgIpc) is 3.15. The van der Waals surface area contributed by atoms with Crippen molar-refractivity contribution in [2.24, 2.45) is 11.8 Å². The number of alkyl halides is 1. The zero-order valence-corrected chi connectivity index (χ0v) is 13.8. The molecule has 0 aliphatic carbocycles. The number of rotatable bonds is 8. The highest BCUT2D eigenvalue weighted by Gasteiger charge is 2.60. The number of hydrogen-bond acceptors (Lipinski definition) is 3. The van der Waals surface area contributed by atoms with Crippen LogP contribution in [0, 0.1) is 11.8 Å². The third-order valence-corrected chi connectivity index (χ3v) is 5.33. The molecule has 21 heavy (non-hydrogen) atoms. The van der Waals surface area contributed by atoms with E-state index in [1.54, 1.807) is 0 Å². The molecule has 0 aromatic carbocycles. The summed E-state index contributed by atoms with van der Waals surface area (Å²) >= 11 is 3.43. The number of unbranched alkanes of at least 4 members (excludes halogenated alkanes) is 5. The third-order valence-electron chi connectivity index (χ3n) is 4.77. The van der Waals surface area contributed by atoms with Crippen molar-refractivity contribution in [3.8, 4) is 0 Å². The molecule has 116 valence electrons. The van der Waals surface area contributed by atoms with E-state index >= 15 is 0 Å². The first kappa shape index (κ1) is 15.2. The maximum Gasteiger partial charge on any atom is 0.236 e. The molecule has 3 rings (SSSR count). The van der Waals surface area contributed by atoms with Gasteiger partial charge in [-0.25, -0.2) is 0 Å². The maximum atomic E-state index is 12.4. The second kappa shape index (κ2) is 6.61. The molecule has 3 aliphatic heterocycles. The molecule has 2 amide bonds. The molecule has 4 nitrogen and oxygen atoms in total. The highest BCUT2D eigenvalue weighted by Crippen LogP contribution is 2.45. The smallest absolute Gasteiger partial charge is 0.236 e. The molecule has 0 saturated carbocycles. The van der Waals surface area contributed by atoms with Crippen molar-refractivity contribution in [3.63, 3.8) is 0 Å². The van der Waals surface area contributed by atoms with Crippen molar-refractivity contribution in [2.45, 2.75) is 50.7 Å². The predicted molar refractivity (Wildman–Crippen MR) is 83.0 cm³/mol. The van der Waals surface area contributed by atoms with Crippen LogP contribution in [0.2, 0.25) is 0 Å². The zero-order chi connectivity index (χ0) is 14.8. The number of fused-ring (bicyclic) bond motifs is 5. The fourth-order valence-electron chi connectivity index (χ4n) is 3.66. The SMILES string of the molecule is O=C1C2C3C=CC(O3)C2C(=O)N1CCCCCCCCBr. The summed E-state index contributed by atoms with van der Waals surface area (Å²) in [5.74, 6) is -0.514. The van der Waals surface area contributed by atoms with Gasteiger partial charge in [0.1, 0.15) is 0 Å². The molecule has 0 aromatic heterocycles. The van der Waals surface area contributed by atoms with E-state index in [1.807, 2.05) is 12.2 Å². The van der Waals surface area contributed by atoms with Crippen LogP contribution in [-0.4, -0.2) is 40.8 Å². The van der Waals surface area contributed by atoms with Gasteiger partial charge in [-0.2, -0.15) is 0 Å². The van der Waals surface area contributed by atoms with Crippen LogP contribution < -0.4 is 0 Å². The standard InChI is InChI=1S/C16H22BrNO3/c17-9-5-3-1-2-4-6-10-18-15(19)13-11-7-8-12(21-11)14(13)16(18)20/h7-8,11-14H,1-6,9-10H2. The maximum absolute atomic E-state index is 12.4. The molecule has 4 unspecified atom stereocenters. The van der Waals surface area contributed by atoms with Gasteiger partial charge in [0.2, 0.25) is 11.8 Å². The van der Waals surface area contributed by atoms with Crippen LogP contribution in [-0.2, 0) is 14.3 Å². The van der Waals surface area contributed by atoms with Crippen LogP contribution in [0.1, 0.15) is 38.5 Å². The summed E-state index contributed by atoms with van der Waals surface area (Å²) in [5.41, 5.74) is 0. The van der Waals surface area contributed by atoms with Crippen molar-refractivity contribution in [1.29, 1.82) is 0 Å². The second-order valence-corrected chi connectivity index (χ2v) is 6.93. The lowest BCUT2D eigenvalue weighted by Gasteiger charge is -2.17. The van der Waals surface area contributed by atoms with Crippen LogP contribution in [0.3, 0.4) is 0 Å². The van der Waals surface area contributed by atoms with Gasteiger partial charge < -0.3 is 4.74 Å². The number of ether oxygens (including phenoxy) is 1. The lowest BCUT2D eigenvalue weighted by Crippen LogP contribution is -2.35. The molecule has 5 heteroatoms. The number of amides is 2. The molecule has 2 bridgehead atoms. The molecule has 2 saturated heterocycles. The Hall–Kier alpha value is -0.680. The first-order valence-electron chi connectivity index (χ1n) is 7.99. The van der Waals surface area contributed by atoms with E-state index < -0.39 is 0 Å². The zero-order valence-electron chi connectivity index (χ0n) is 12.2. The predicted octanol–water partition coefficient (Wildman–Crippen LogP) is 2.66. The molecule has 3 heterocycles. The monoisotopic (exact) mass is 355 g/mol. The molecule has 4 atom stereocenters. The summed E-state index contributed by atoms with van der Waals surface area (Å²) in [6.45, 7) is 0.586. The van der Waals surface area contributed by atoms with E-state index in [0.717, 1.165) is 18.2 Å². The number of hydrogen-bond donors (Lipinski definition) is 0. The van der Waals surface area contributed by atoms with Gasteiger partial charge in [-0.1, -0.05) is 53.8 Å². The molecule has 2 fully saturated rings. The Morgan fingerprint density at radius 3 is 2.00 bits per heavy atom. The largest absolute Gasteiger partial charge is 0.365 e. The van der Waals surface area contributed by atoms with Gasteiger partial charge in [-0.3, -0.25) is 14.5 Å². The van der Waals surface area contributed by atoms with Crippen LogP contribution in [0.4, 0.5) is 0 Å². The second-order valence-electron chi connectivity index (χ2n) is 6.14. The van der Waals surface area contributed by atoms with Gasteiger partial charge in [0, 0.05) is 11.9 Å². The van der Waals surface area contributed by atoms with Crippen LogP contribution in [0.5, 0.6) is 0 Å². The number of carbonyl (C=O) groups excluding carboxylic acids is 2. The number of halogens is 1. The fourth-order valence-corrected chi connectivity index (χ4v) is 4.05. The molecule has 0 N–H and O–H groups in total. The van der Waals surface area contributed by atoms with Crippen molar-refractivity contribution in [2.75, 3.05) is 11.9 Å². The summed E-state index contributed by atoms with van der Waals surface area (Å²) in [4.78, 5) is 26.2. The highest BCUT2D eigenvalue weighted by molar-refractivity contribution is 9.09. The van der Waals surface area contributed by atoms with E-state index in [4.69, 9.17) is 4.74 Å². The van der Waals surface area contributed by atoms with Crippen molar-refractivity contribution >= 4 is 27.7 Å². The lowest BCUT2D eigenvalue weighted by atomic mass is 9.85. The minimum Gasteiger partial charge on any atom is -0.365 e. The summed E-state index contributed by atoms with van der Waals surface area (Å²) in [7, 11) is 0. The highest BCUT2D eigenvalue weighted by atomic mass is 79.9. The normalized spacial score (nSPS) is 33.3. The molecule has 3 aliphatic rings. The van der Waals surface area contributed by atoms with Gasteiger partial charge in [0.25, 0.3) is 0 Å². The van der Waals surface area contributed by atoms with Crippen LogP contribution in [0.15, 0.2) is 12.2 Å². The Morgan fingerprint density at radius 2 is 1.43 bits per heavy atom. The van der Waals surface area contributed by atoms with Gasteiger partial charge in [-0.05, 0) is 12.8 Å². The number of imide groups is 1. The third kappa shape index (κ3) is 2.82. The number of nitrogens with zero attached hydrogens (tertiary/aromatic N) is 1. The Labute approximate surface area is 134 Å². The lowest BCUT2D eigenvalue weighted by molar-refractivity contribution is -0.142. The van der Waals surface area contributed by atoms with E-state index in [2.05, 4.69) is 15.9 Å². The molecule has 0 aromatic rings. The Morgan fingerprint density at radius 1 is 0.905 bits per heavy atom. The first-order valence-corrected chi connectivity index (χ1v) is 9.11. The summed E-state index contributed by atoms with van der Waals surface area (Å²) in [5, 5.41) is 1.07. The summed E-state index contributed by atoms with van der Waals surface area (Å²) < 4.78 is 5.63. The van der Waals surface area contributed by atoms with E-state index in [9.17, 15) is 9.59 Å². The molecule has 0 spiro atoms. The number of likely N-dealkylation sites (tertiary alicyclic amines) is 1. The summed E-state index contributed by atoms with van der Waals surface area (Å²) in [6, 6.07) is 0. The Balaban J connectivity index is 1.43. The van der Waals surface area contributed by atoms with Crippen LogP contribution >= 0.6 is 15.9 Å². The minimum atomic E-state index is -0.244. The Bertz CT molecular complexity index is 421. The minimum absolute atomic E-state index is 0.0128. The first-order chi connectivity index (χ1) is 10.2. The van der Waals surface area contributed by atoms with Crippen molar-refractivity contribution < 1.29 is 14.3 Å². The van der Waals surface area contributed by atoms with E-state index in [-0.39, 0.29) is 35.9 Å². The average molecular weight is 356 g/mol. The van der Waals surface area contributed by atoms with Crippen LogP contribution in [0.25, 0.3) is 0 Å². The summed E-state index contributed by atoms with van der Waals surface area (Å²) in [6.07, 6.45) is 10.5. The molecular formula is C16H22BrNO3. The fraction of sp³-hybridized carbons (Fsp3) is 0.750. The topological polar surface area (TPSA) is 46.6 Å². The molecular weight excluding hydrogens is 334 g/mol. The quantitative estimate of drug-likeness (QED) is 0.291. The van der Waals surface area contributed by atoms with Gasteiger partial charge >= 0.3 is 0 Å². The van der Waals surface area contributed by atoms with Gasteiger partial charge in [0.15, 0.2) is 0 Å². The van der Waals surface area contributed by atoms with Crippen molar-refractivity contribution in [1.82, 2.24) is 4.90 Å². The molecule has 0 radical (unpaired) electrons. The van der Waals surface area contributed by atoms with E-state index in [1.165, 1.54) is 30.6 Å². The Kier molecular flexibility index (Phi) is 4.79. The number of carbonyl (C=O) groups is 2. The van der Waals surface area contributed by atoms with Crippen molar-refractivity contribution in [3.05, 3.63) is 12.2 Å². The van der Waals surface area contributed by atoms with Gasteiger partial charge in [0.05, 0.1) is 24.0 Å².